The van der Waals surface area contributed by atoms with Crippen molar-refractivity contribution in [2.24, 2.45) is 0 Å². The van der Waals surface area contributed by atoms with Gasteiger partial charge in [0.25, 0.3) is 0 Å². The molecule has 0 bridgehead atoms. The van der Waals surface area contributed by atoms with E-state index in [1.807, 2.05) is 30.3 Å². The van der Waals surface area contributed by atoms with Crippen molar-refractivity contribution >= 4 is 27.5 Å². The Hall–Kier alpha value is -2.85. The van der Waals surface area contributed by atoms with Crippen molar-refractivity contribution in [2.75, 3.05) is 13.2 Å². The molecule has 0 fully saturated rings. The summed E-state index contributed by atoms with van der Waals surface area (Å²) in [5.74, 6) is 0.176. The van der Waals surface area contributed by atoms with Crippen LogP contribution in [0.25, 0.3) is 21.5 Å². The lowest BCUT2D eigenvalue weighted by atomic mass is 9.97. The predicted molar refractivity (Wildman–Crippen MR) is 103 cm³/mol. The molecule has 3 rings (SSSR count). The number of esters is 1. The first-order valence-electron chi connectivity index (χ1n) is 8.67. The number of benzene rings is 3. The molecule has 0 saturated heterocycles. The molecule has 0 heterocycles. The van der Waals surface area contributed by atoms with Gasteiger partial charge in [0.05, 0.1) is 0 Å². The molecule has 3 aromatic carbocycles. The van der Waals surface area contributed by atoms with Crippen LogP contribution in [0.15, 0.2) is 61.2 Å². The first-order chi connectivity index (χ1) is 12.6. The zero-order chi connectivity index (χ0) is 18.5. The van der Waals surface area contributed by atoms with E-state index in [1.54, 1.807) is 0 Å². The van der Waals surface area contributed by atoms with Gasteiger partial charge in [0, 0.05) is 16.8 Å². The van der Waals surface area contributed by atoms with Gasteiger partial charge < -0.3 is 14.6 Å². The highest BCUT2D eigenvalue weighted by atomic mass is 16.5. The summed E-state index contributed by atoms with van der Waals surface area (Å²) in [7, 11) is 0. The van der Waals surface area contributed by atoms with Crippen molar-refractivity contribution in [3.8, 4) is 5.75 Å². The number of ether oxygens (including phenoxy) is 2. The maximum atomic E-state index is 11.1. The Bertz CT molecular complexity index is 945. The third-order valence-electron chi connectivity index (χ3n) is 4.33. The number of carbonyl (C=O) groups excluding carboxylic acids is 1. The third-order valence-corrected chi connectivity index (χ3v) is 4.33. The van der Waals surface area contributed by atoms with Gasteiger partial charge >= 0.3 is 5.97 Å². The fourth-order valence-electron chi connectivity index (χ4n) is 3.04. The zero-order valence-corrected chi connectivity index (χ0v) is 14.8. The summed E-state index contributed by atoms with van der Waals surface area (Å²) in [5, 5.41) is 14.3. The number of aliphatic hydroxyl groups excluding tert-OH is 1. The van der Waals surface area contributed by atoms with E-state index in [9.17, 15) is 9.90 Å². The van der Waals surface area contributed by atoms with Gasteiger partial charge in [-0.1, -0.05) is 56.0 Å². The number of hydrogen-bond acceptors (Lipinski definition) is 4. The number of aryl methyl sites for hydroxylation is 1. The van der Waals surface area contributed by atoms with Crippen molar-refractivity contribution in [1.29, 1.82) is 0 Å². The van der Waals surface area contributed by atoms with Crippen LogP contribution in [0.1, 0.15) is 12.5 Å². The summed E-state index contributed by atoms with van der Waals surface area (Å²) in [6.07, 6.45) is 1.08. The minimum atomic E-state index is -0.915. The molecule has 26 heavy (non-hydrogen) atoms. The molecule has 1 atom stereocenters. The van der Waals surface area contributed by atoms with Gasteiger partial charge in [-0.25, -0.2) is 4.79 Å². The maximum Gasteiger partial charge on any atom is 0.330 e. The molecule has 4 heteroatoms. The molecule has 1 unspecified atom stereocenters. The van der Waals surface area contributed by atoms with Crippen molar-refractivity contribution in [3.05, 3.63) is 66.7 Å². The molecule has 0 aromatic heterocycles. The quantitative estimate of drug-likeness (QED) is 0.397. The van der Waals surface area contributed by atoms with Crippen LogP contribution in [-0.2, 0) is 16.0 Å². The van der Waals surface area contributed by atoms with Crippen LogP contribution in [0.2, 0.25) is 0 Å². The Labute approximate surface area is 152 Å². The molecule has 4 nitrogen and oxygen atoms in total. The number of fused-ring (bicyclic) bond motifs is 2. The van der Waals surface area contributed by atoms with Gasteiger partial charge in [-0.2, -0.15) is 0 Å². The average molecular weight is 350 g/mol. The number of aliphatic hydroxyl groups is 1. The monoisotopic (exact) mass is 350 g/mol. The van der Waals surface area contributed by atoms with Crippen LogP contribution >= 0.6 is 0 Å². The molecule has 134 valence electrons. The second-order valence-corrected chi connectivity index (χ2v) is 6.09. The van der Waals surface area contributed by atoms with Crippen LogP contribution in [0, 0.1) is 0 Å². The molecule has 0 aliphatic carbocycles. The number of carbonyl (C=O) groups is 1. The molecule has 0 aliphatic rings. The second kappa shape index (κ2) is 8.02. The van der Waals surface area contributed by atoms with Crippen molar-refractivity contribution in [2.45, 2.75) is 19.4 Å². The normalized spacial score (nSPS) is 12.1. The van der Waals surface area contributed by atoms with Gasteiger partial charge in [-0.15, -0.1) is 0 Å². The first kappa shape index (κ1) is 18.0. The first-order valence-corrected chi connectivity index (χ1v) is 8.67. The molecule has 0 radical (unpaired) electrons. The van der Waals surface area contributed by atoms with E-state index in [0.717, 1.165) is 39.8 Å². The predicted octanol–water partition coefficient (Wildman–Crippen LogP) is 4.02. The molecule has 0 saturated carbocycles. The summed E-state index contributed by atoms with van der Waals surface area (Å²) < 4.78 is 10.9. The van der Waals surface area contributed by atoms with Gasteiger partial charge in [0.2, 0.25) is 0 Å². The Morgan fingerprint density at radius 1 is 1.12 bits per heavy atom. The summed E-state index contributed by atoms with van der Waals surface area (Å²) >= 11 is 0. The number of rotatable bonds is 7. The minimum absolute atomic E-state index is 0.0316. The van der Waals surface area contributed by atoms with Crippen molar-refractivity contribution < 1.29 is 19.4 Å². The highest BCUT2D eigenvalue weighted by Gasteiger charge is 2.14. The molecule has 0 amide bonds. The molecule has 0 spiro atoms. The van der Waals surface area contributed by atoms with Gasteiger partial charge in [-0.05, 0) is 28.8 Å². The average Bonchev–Trinajstić information content (AvgIpc) is 2.68. The smallest absolute Gasteiger partial charge is 0.330 e. The zero-order valence-electron chi connectivity index (χ0n) is 14.8. The minimum Gasteiger partial charge on any atom is -0.489 e. The Balaban J connectivity index is 1.94. The fourth-order valence-corrected chi connectivity index (χ4v) is 3.04. The SMILES string of the molecule is C=CC(=O)OCC(O)COc1c2ccccc2cc2c(CC)cccc12. The van der Waals surface area contributed by atoms with Crippen LogP contribution in [0.5, 0.6) is 5.75 Å². The van der Waals surface area contributed by atoms with E-state index >= 15 is 0 Å². The Morgan fingerprint density at radius 2 is 1.88 bits per heavy atom. The molecule has 1 N–H and O–H groups in total. The molecular weight excluding hydrogens is 328 g/mol. The highest BCUT2D eigenvalue weighted by Crippen LogP contribution is 2.36. The van der Waals surface area contributed by atoms with Crippen molar-refractivity contribution in [3.63, 3.8) is 0 Å². The number of hydrogen-bond donors (Lipinski definition) is 1. The summed E-state index contributed by atoms with van der Waals surface area (Å²) in [4.78, 5) is 11.1. The van der Waals surface area contributed by atoms with E-state index in [1.165, 1.54) is 5.56 Å². The van der Waals surface area contributed by atoms with E-state index in [-0.39, 0.29) is 13.2 Å². The Kier molecular flexibility index (Phi) is 5.54. The maximum absolute atomic E-state index is 11.1. The lowest BCUT2D eigenvalue weighted by molar-refractivity contribution is -0.141. The topological polar surface area (TPSA) is 55.8 Å². The van der Waals surface area contributed by atoms with Crippen LogP contribution in [0.4, 0.5) is 0 Å². The van der Waals surface area contributed by atoms with Crippen LogP contribution in [0.3, 0.4) is 0 Å². The Morgan fingerprint density at radius 3 is 2.65 bits per heavy atom. The molecule has 0 aliphatic heterocycles. The van der Waals surface area contributed by atoms with Crippen molar-refractivity contribution in [1.82, 2.24) is 0 Å². The third kappa shape index (κ3) is 3.70. The molecule has 3 aromatic rings. The largest absolute Gasteiger partial charge is 0.489 e. The van der Waals surface area contributed by atoms with E-state index < -0.39 is 12.1 Å². The van der Waals surface area contributed by atoms with Gasteiger partial charge in [-0.3, -0.25) is 0 Å². The molecular formula is C22H22O4. The van der Waals surface area contributed by atoms with Crippen LogP contribution in [-0.4, -0.2) is 30.4 Å². The van der Waals surface area contributed by atoms with E-state index in [0.29, 0.717) is 0 Å². The van der Waals surface area contributed by atoms with Gasteiger partial charge in [0.1, 0.15) is 25.1 Å². The standard InChI is InChI=1S/C22H22O4/c1-3-15-9-7-11-19-20(15)12-16-8-5-6-10-18(16)22(19)26-14-17(23)13-25-21(24)4-2/h4-12,17,23H,2-3,13-14H2,1H3. The van der Waals surface area contributed by atoms with E-state index in [2.05, 4.69) is 31.7 Å². The lowest BCUT2D eigenvalue weighted by Crippen LogP contribution is -2.24. The lowest BCUT2D eigenvalue weighted by Gasteiger charge is -2.17. The summed E-state index contributed by atoms with van der Waals surface area (Å²) in [5.41, 5.74) is 1.25. The van der Waals surface area contributed by atoms with Crippen LogP contribution < -0.4 is 4.74 Å². The second-order valence-electron chi connectivity index (χ2n) is 6.09. The van der Waals surface area contributed by atoms with E-state index in [4.69, 9.17) is 9.47 Å². The highest BCUT2D eigenvalue weighted by molar-refractivity contribution is 6.06. The van der Waals surface area contributed by atoms with Gasteiger partial charge in [0.15, 0.2) is 0 Å². The fraction of sp³-hybridized carbons (Fsp3) is 0.227. The summed E-state index contributed by atoms with van der Waals surface area (Å²) in [6, 6.07) is 16.4. The summed E-state index contributed by atoms with van der Waals surface area (Å²) in [6.45, 7) is 5.36.